The van der Waals surface area contributed by atoms with Crippen molar-refractivity contribution in [3.05, 3.63) is 94.0 Å². The molecule has 0 bridgehead atoms. The molecule has 0 unspecified atom stereocenters. The van der Waals surface area contributed by atoms with Gasteiger partial charge in [0, 0.05) is 15.6 Å². The van der Waals surface area contributed by atoms with Gasteiger partial charge < -0.3 is 0 Å². The molecule has 0 aromatic heterocycles. The van der Waals surface area contributed by atoms with Crippen molar-refractivity contribution < 1.29 is 0 Å². The molecule has 3 aromatic rings. The molecule has 0 spiro atoms. The first kappa shape index (κ1) is 17.7. The number of hydrogen-bond donors (Lipinski definition) is 0. The minimum atomic E-state index is 0.485. The van der Waals surface area contributed by atoms with Crippen LogP contribution in [0.25, 0.3) is 0 Å². The van der Waals surface area contributed by atoms with Gasteiger partial charge in [0.2, 0.25) is 0 Å². The number of hydrazone groups is 1. The molecule has 135 valence electrons. The SMILES string of the molecule is Cc1ccc(C2=NN(c3ccc(Cl)cc3)CN(c3ccc(Cl)cc3)[N]2)cc1. The van der Waals surface area contributed by atoms with Crippen molar-refractivity contribution in [2.75, 3.05) is 16.7 Å². The van der Waals surface area contributed by atoms with Crippen molar-refractivity contribution in [2.24, 2.45) is 5.10 Å². The van der Waals surface area contributed by atoms with Gasteiger partial charge in [-0.05, 0) is 55.5 Å². The third-order valence-corrected chi connectivity index (χ3v) is 4.76. The van der Waals surface area contributed by atoms with Gasteiger partial charge in [0.15, 0.2) is 5.84 Å². The van der Waals surface area contributed by atoms with Crippen LogP contribution in [-0.4, -0.2) is 12.5 Å². The number of rotatable bonds is 3. The third kappa shape index (κ3) is 4.02. The quantitative estimate of drug-likeness (QED) is 0.589. The molecular formula is C21H17Cl2N4. The minimum Gasteiger partial charge on any atom is -0.242 e. The van der Waals surface area contributed by atoms with E-state index >= 15 is 0 Å². The zero-order valence-electron chi connectivity index (χ0n) is 14.7. The molecule has 0 saturated heterocycles. The first-order chi connectivity index (χ1) is 13.1. The summed E-state index contributed by atoms with van der Waals surface area (Å²) < 4.78 is 0. The molecule has 1 aliphatic heterocycles. The van der Waals surface area contributed by atoms with Gasteiger partial charge in [-0.15, -0.1) is 10.5 Å². The van der Waals surface area contributed by atoms with E-state index in [0.717, 1.165) is 16.9 Å². The third-order valence-electron chi connectivity index (χ3n) is 4.26. The number of benzene rings is 3. The van der Waals surface area contributed by atoms with Crippen molar-refractivity contribution >= 4 is 40.4 Å². The number of anilines is 2. The Morgan fingerprint density at radius 2 is 1.22 bits per heavy atom. The van der Waals surface area contributed by atoms with E-state index in [-0.39, 0.29) is 0 Å². The highest BCUT2D eigenvalue weighted by Crippen LogP contribution is 2.25. The van der Waals surface area contributed by atoms with E-state index in [2.05, 4.69) is 19.1 Å². The van der Waals surface area contributed by atoms with Crippen LogP contribution in [0, 0.1) is 6.92 Å². The number of hydrogen-bond acceptors (Lipinski definition) is 3. The lowest BCUT2D eigenvalue weighted by molar-refractivity contribution is 0.671. The van der Waals surface area contributed by atoms with Crippen LogP contribution >= 0.6 is 23.2 Å². The highest BCUT2D eigenvalue weighted by atomic mass is 35.5. The lowest BCUT2D eigenvalue weighted by Crippen LogP contribution is -2.48. The van der Waals surface area contributed by atoms with E-state index in [9.17, 15) is 0 Å². The maximum Gasteiger partial charge on any atom is 0.199 e. The average molecular weight is 396 g/mol. The first-order valence-electron chi connectivity index (χ1n) is 8.52. The van der Waals surface area contributed by atoms with Gasteiger partial charge in [0.25, 0.3) is 0 Å². The highest BCUT2D eigenvalue weighted by Gasteiger charge is 2.23. The van der Waals surface area contributed by atoms with E-state index in [4.69, 9.17) is 33.7 Å². The van der Waals surface area contributed by atoms with Crippen LogP contribution in [-0.2, 0) is 0 Å². The molecule has 27 heavy (non-hydrogen) atoms. The fourth-order valence-corrected chi connectivity index (χ4v) is 3.01. The molecule has 6 heteroatoms. The zero-order valence-corrected chi connectivity index (χ0v) is 16.2. The van der Waals surface area contributed by atoms with Crippen LogP contribution in [0.3, 0.4) is 0 Å². The molecule has 1 aliphatic rings. The Morgan fingerprint density at radius 3 is 1.78 bits per heavy atom. The van der Waals surface area contributed by atoms with E-state index in [1.54, 1.807) is 0 Å². The highest BCUT2D eigenvalue weighted by molar-refractivity contribution is 6.30. The Morgan fingerprint density at radius 1 is 0.704 bits per heavy atom. The van der Waals surface area contributed by atoms with Crippen molar-refractivity contribution in [1.29, 1.82) is 0 Å². The van der Waals surface area contributed by atoms with Gasteiger partial charge in [-0.1, -0.05) is 53.0 Å². The Bertz CT molecular complexity index is 951. The van der Waals surface area contributed by atoms with Gasteiger partial charge in [-0.2, -0.15) is 0 Å². The van der Waals surface area contributed by atoms with Crippen LogP contribution in [0.1, 0.15) is 11.1 Å². The molecule has 0 aliphatic carbocycles. The Hall–Kier alpha value is -2.69. The van der Waals surface area contributed by atoms with Crippen molar-refractivity contribution in [2.45, 2.75) is 6.92 Å². The molecule has 0 saturated carbocycles. The summed E-state index contributed by atoms with van der Waals surface area (Å²) in [4.78, 5) is 0. The fraction of sp³-hybridized carbons (Fsp3) is 0.0952. The first-order valence-corrected chi connectivity index (χ1v) is 9.27. The summed E-state index contributed by atoms with van der Waals surface area (Å²) in [6.07, 6.45) is 0. The minimum absolute atomic E-state index is 0.485. The summed E-state index contributed by atoms with van der Waals surface area (Å²) in [7, 11) is 0. The van der Waals surface area contributed by atoms with Crippen molar-refractivity contribution in [1.82, 2.24) is 5.43 Å². The molecule has 0 amide bonds. The average Bonchev–Trinajstić information content (AvgIpc) is 2.69. The van der Waals surface area contributed by atoms with Crippen LogP contribution in [0.15, 0.2) is 77.9 Å². The second-order valence-electron chi connectivity index (χ2n) is 6.28. The van der Waals surface area contributed by atoms with Crippen LogP contribution < -0.4 is 15.4 Å². The Balaban J connectivity index is 1.72. The standard InChI is InChI=1S/C21H17Cl2N4/c1-15-2-4-16(5-3-15)21-24-26(19-10-6-17(22)7-11-19)14-27(25-21)20-12-8-18(23)9-13-20/h2-13H,14H2,1H3. The normalized spacial score (nSPS) is 14.0. The summed E-state index contributed by atoms with van der Waals surface area (Å²) in [5.74, 6) is 0.645. The number of amidine groups is 1. The molecule has 4 nitrogen and oxygen atoms in total. The number of halogens is 2. The lowest BCUT2D eigenvalue weighted by atomic mass is 10.1. The van der Waals surface area contributed by atoms with Gasteiger partial charge in [-0.25, -0.2) is 10.0 Å². The smallest absolute Gasteiger partial charge is 0.199 e. The monoisotopic (exact) mass is 395 g/mol. The number of aryl methyl sites for hydroxylation is 1. The fourth-order valence-electron chi connectivity index (χ4n) is 2.76. The van der Waals surface area contributed by atoms with Crippen LogP contribution in [0.5, 0.6) is 0 Å². The maximum atomic E-state index is 6.03. The summed E-state index contributed by atoms with van der Waals surface area (Å²) in [6, 6.07) is 23.4. The predicted molar refractivity (Wildman–Crippen MR) is 113 cm³/mol. The largest absolute Gasteiger partial charge is 0.242 e. The predicted octanol–water partition coefficient (Wildman–Crippen LogP) is 5.47. The van der Waals surface area contributed by atoms with Crippen LogP contribution in [0.4, 0.5) is 11.4 Å². The van der Waals surface area contributed by atoms with E-state index < -0.39 is 0 Å². The second kappa shape index (κ2) is 7.51. The van der Waals surface area contributed by atoms with E-state index in [1.807, 2.05) is 70.7 Å². The molecule has 0 fully saturated rings. The summed E-state index contributed by atoms with van der Waals surface area (Å²) in [6.45, 7) is 2.54. The van der Waals surface area contributed by atoms with Gasteiger partial charge in [0.05, 0.1) is 11.4 Å². The van der Waals surface area contributed by atoms with Crippen LogP contribution in [0.2, 0.25) is 10.0 Å². The van der Waals surface area contributed by atoms with E-state index in [1.165, 1.54) is 5.56 Å². The Labute approximate surface area is 168 Å². The number of nitrogens with zero attached hydrogens (tertiary/aromatic N) is 4. The van der Waals surface area contributed by atoms with Gasteiger partial charge in [0.1, 0.15) is 6.67 Å². The van der Waals surface area contributed by atoms with Crippen molar-refractivity contribution in [3.63, 3.8) is 0 Å². The van der Waals surface area contributed by atoms with Crippen molar-refractivity contribution in [3.8, 4) is 0 Å². The molecular weight excluding hydrogens is 379 g/mol. The lowest BCUT2D eigenvalue weighted by Gasteiger charge is -2.34. The Kier molecular flexibility index (Phi) is 4.92. The summed E-state index contributed by atoms with van der Waals surface area (Å²) in [5, 5.41) is 9.95. The summed E-state index contributed by atoms with van der Waals surface area (Å²) >= 11 is 12.1. The molecule has 1 heterocycles. The molecule has 4 rings (SSSR count). The zero-order chi connectivity index (χ0) is 18.8. The van der Waals surface area contributed by atoms with Gasteiger partial charge >= 0.3 is 0 Å². The molecule has 3 aromatic carbocycles. The summed E-state index contributed by atoms with van der Waals surface area (Å²) in [5.41, 5.74) is 8.78. The second-order valence-corrected chi connectivity index (χ2v) is 7.16. The van der Waals surface area contributed by atoms with E-state index in [0.29, 0.717) is 22.5 Å². The topological polar surface area (TPSA) is 32.9 Å². The molecule has 0 atom stereocenters. The molecule has 1 radical (unpaired) electrons. The van der Waals surface area contributed by atoms with Gasteiger partial charge in [-0.3, -0.25) is 0 Å². The maximum absolute atomic E-state index is 6.03. The molecule has 0 N–H and O–H groups in total.